The van der Waals surface area contributed by atoms with Crippen molar-refractivity contribution >= 4 is 140 Å². The van der Waals surface area contributed by atoms with Crippen LogP contribution < -0.4 is 0 Å². The number of benzene rings is 21. The van der Waals surface area contributed by atoms with Gasteiger partial charge in [0.2, 0.25) is 0 Å². The molecule has 2 heterocycles. The summed E-state index contributed by atoms with van der Waals surface area (Å²) in [6, 6.07) is 136. The summed E-state index contributed by atoms with van der Waals surface area (Å²) >= 11 is 0. The minimum absolute atomic E-state index is 0.596. The van der Waals surface area contributed by atoms with Crippen molar-refractivity contribution < 1.29 is 0 Å². The van der Waals surface area contributed by atoms with Gasteiger partial charge in [-0.3, -0.25) is 0 Å². The van der Waals surface area contributed by atoms with Crippen molar-refractivity contribution in [1.29, 1.82) is 0 Å². The maximum absolute atomic E-state index is 5.50. The Morgan fingerprint density at radius 3 is 0.741 bits per heavy atom. The van der Waals surface area contributed by atoms with Gasteiger partial charge in [-0.1, -0.05) is 346 Å². The zero-order valence-corrected chi connectivity index (χ0v) is 60.5. The molecule has 516 valence electrons. The zero-order chi connectivity index (χ0) is 73.5. The Morgan fingerprint density at radius 1 is 0.125 bits per heavy atom. The molecule has 0 saturated heterocycles. The van der Waals surface area contributed by atoms with E-state index in [1.165, 1.54) is 119 Å². The monoisotopic (exact) mass is 1420 g/mol. The molecule has 21 aromatic carbocycles. The molecular formula is C106H62N6. The van der Waals surface area contributed by atoms with Crippen molar-refractivity contribution in [2.75, 3.05) is 0 Å². The highest BCUT2D eigenvalue weighted by Gasteiger charge is 2.24. The lowest BCUT2D eigenvalue weighted by Crippen LogP contribution is -2.01. The third-order valence-corrected chi connectivity index (χ3v) is 23.3. The Balaban J connectivity index is 0.608. The van der Waals surface area contributed by atoms with Crippen LogP contribution in [-0.4, -0.2) is 29.9 Å². The molecule has 23 rings (SSSR count). The van der Waals surface area contributed by atoms with Crippen LogP contribution >= 0.6 is 0 Å². The number of nitrogens with zero attached hydrogens (tertiary/aromatic N) is 6. The summed E-state index contributed by atoms with van der Waals surface area (Å²) in [6.07, 6.45) is 0. The molecule has 0 spiro atoms. The van der Waals surface area contributed by atoms with Gasteiger partial charge in [-0.15, -0.1) is 0 Å². The van der Waals surface area contributed by atoms with E-state index < -0.39 is 0 Å². The molecule has 0 N–H and O–H groups in total. The molecule has 0 aliphatic rings. The first-order valence-corrected chi connectivity index (χ1v) is 38.2. The van der Waals surface area contributed by atoms with E-state index in [1.54, 1.807) is 0 Å². The largest absolute Gasteiger partial charge is 0.208 e. The molecule has 112 heavy (non-hydrogen) atoms. The highest BCUT2D eigenvalue weighted by atomic mass is 15.0. The Bertz CT molecular complexity index is 7840. The Labute approximate surface area is 643 Å². The summed E-state index contributed by atoms with van der Waals surface area (Å²) < 4.78 is 0. The lowest BCUT2D eigenvalue weighted by atomic mass is 9.89. The minimum Gasteiger partial charge on any atom is -0.208 e. The summed E-state index contributed by atoms with van der Waals surface area (Å²) in [6.45, 7) is 0. The first-order valence-electron chi connectivity index (χ1n) is 38.2. The van der Waals surface area contributed by atoms with Crippen molar-refractivity contribution in [2.45, 2.75) is 0 Å². The van der Waals surface area contributed by atoms with Gasteiger partial charge in [-0.2, -0.15) is 0 Å². The van der Waals surface area contributed by atoms with E-state index in [0.29, 0.717) is 34.9 Å². The first-order chi connectivity index (χ1) is 55.5. The second-order valence-electron chi connectivity index (χ2n) is 29.4. The first kappa shape index (κ1) is 63.1. The van der Waals surface area contributed by atoms with Crippen LogP contribution in [0.15, 0.2) is 376 Å². The topological polar surface area (TPSA) is 77.3 Å². The van der Waals surface area contributed by atoms with Gasteiger partial charge in [-0.05, 0) is 204 Å². The average Bonchev–Trinajstić information content (AvgIpc) is 0.722. The molecule has 0 aliphatic heterocycles. The van der Waals surface area contributed by atoms with Crippen molar-refractivity contribution in [1.82, 2.24) is 29.9 Å². The second-order valence-corrected chi connectivity index (χ2v) is 29.4. The SMILES string of the molecule is c1ccc(-c2nc(-c3ccc(-c4ccc5c6ccc(-c7ccc(-c8nc(-c9ccc(-c%10c%11ccccc%11cc%11ccccc%10%11)cc9)nc(-c9cc%10c%11ccccc%11c%11ccccc%11c%10c%10ccccc9%10)n8)cc7)cc6c6ccccc6c5c4)cc3)nc(-c3cc4c5ccccc5c5ccccc5c4c4ccccc34)n2)cc1. The van der Waals surface area contributed by atoms with E-state index in [4.69, 9.17) is 29.9 Å². The summed E-state index contributed by atoms with van der Waals surface area (Å²) in [5, 5.41) is 31.0. The van der Waals surface area contributed by atoms with E-state index in [2.05, 4.69) is 358 Å². The molecule has 0 saturated carbocycles. The van der Waals surface area contributed by atoms with Crippen LogP contribution in [0.1, 0.15) is 0 Å². The molecule has 0 aliphatic carbocycles. The van der Waals surface area contributed by atoms with Crippen LogP contribution in [0, 0.1) is 0 Å². The van der Waals surface area contributed by atoms with Gasteiger partial charge in [-0.25, -0.2) is 29.9 Å². The summed E-state index contributed by atoms with van der Waals surface area (Å²) in [7, 11) is 0. The Morgan fingerprint density at radius 2 is 0.366 bits per heavy atom. The predicted octanol–water partition coefficient (Wildman–Crippen LogP) is 28.1. The number of aromatic nitrogens is 6. The van der Waals surface area contributed by atoms with E-state index >= 15 is 0 Å². The smallest absolute Gasteiger partial charge is 0.164 e. The van der Waals surface area contributed by atoms with Crippen LogP contribution in [-0.2, 0) is 0 Å². The molecule has 6 nitrogen and oxygen atoms in total. The van der Waals surface area contributed by atoms with Crippen molar-refractivity contribution in [2.24, 2.45) is 0 Å². The molecule has 0 radical (unpaired) electrons. The predicted molar refractivity (Wildman–Crippen MR) is 470 cm³/mol. The maximum atomic E-state index is 5.50. The lowest BCUT2D eigenvalue weighted by Gasteiger charge is -2.16. The molecule has 0 bridgehead atoms. The Kier molecular flexibility index (Phi) is 14.3. The van der Waals surface area contributed by atoms with Gasteiger partial charge in [0.25, 0.3) is 0 Å². The maximum Gasteiger partial charge on any atom is 0.164 e. The van der Waals surface area contributed by atoms with Crippen LogP contribution in [0.4, 0.5) is 0 Å². The molecule has 2 aromatic heterocycles. The third-order valence-electron chi connectivity index (χ3n) is 23.3. The van der Waals surface area contributed by atoms with Crippen LogP contribution in [0.5, 0.6) is 0 Å². The molecule has 0 amide bonds. The molecule has 0 atom stereocenters. The van der Waals surface area contributed by atoms with E-state index in [-0.39, 0.29) is 0 Å². The molecule has 23 aromatic rings. The van der Waals surface area contributed by atoms with E-state index in [9.17, 15) is 0 Å². The summed E-state index contributed by atoms with van der Waals surface area (Å²) in [5.41, 5.74) is 12.3. The van der Waals surface area contributed by atoms with Gasteiger partial charge >= 0.3 is 0 Å². The van der Waals surface area contributed by atoms with Crippen LogP contribution in [0.3, 0.4) is 0 Å². The van der Waals surface area contributed by atoms with Gasteiger partial charge in [0.1, 0.15) is 0 Å². The van der Waals surface area contributed by atoms with Crippen LogP contribution in [0.25, 0.3) is 242 Å². The second kappa shape index (κ2) is 25.3. The summed E-state index contributed by atoms with van der Waals surface area (Å²) in [4.78, 5) is 32.3. The fraction of sp³-hybridized carbons (Fsp3) is 0. The fourth-order valence-corrected chi connectivity index (χ4v) is 18.0. The molecule has 0 fully saturated rings. The van der Waals surface area contributed by atoms with Gasteiger partial charge in [0.15, 0.2) is 34.9 Å². The number of fused-ring (bicyclic) bond motifs is 24. The zero-order valence-electron chi connectivity index (χ0n) is 60.5. The third kappa shape index (κ3) is 10.1. The number of rotatable bonds is 9. The highest BCUT2D eigenvalue weighted by molar-refractivity contribution is 6.35. The van der Waals surface area contributed by atoms with Crippen molar-refractivity contribution in [3.8, 4) is 102 Å². The molecular weight excluding hydrogens is 1360 g/mol. The Hall–Kier alpha value is -15.0. The van der Waals surface area contributed by atoms with Crippen molar-refractivity contribution in [3.63, 3.8) is 0 Å². The van der Waals surface area contributed by atoms with Gasteiger partial charge in [0, 0.05) is 33.4 Å². The quantitative estimate of drug-likeness (QED) is 0.106. The summed E-state index contributed by atoms with van der Waals surface area (Å²) in [5.74, 6) is 3.67. The standard InChI is InChI=1S/C106H62N6/c1-2-22-66(23-3-1)101-107-102(110-105(109-101)96-61-94-82-34-12-8-28-76(82)78-30-14-18-38-88(78)99(94)90-40-20-16-36-84(90)96)67-48-42-63(43-49-67)70-54-56-86-87-57-55-71(60-93(87)81-33-11-10-32-80(81)92(86)59-70)64-44-50-68(51-45-64)103-108-104(69-52-46-65(47-53-69)98-74-26-6-4-24-72(74)58-73-25-5-7-27-75(73)98)112-106(111-103)97-62-95-83-35-13-9-29-77(83)79-31-15-19-39-89(79)100(95)91-41-21-17-37-85(91)97/h1-62H. The highest BCUT2D eigenvalue weighted by Crippen LogP contribution is 2.47. The number of hydrogen-bond acceptors (Lipinski definition) is 6. The van der Waals surface area contributed by atoms with Crippen molar-refractivity contribution in [3.05, 3.63) is 376 Å². The fourth-order valence-electron chi connectivity index (χ4n) is 18.0. The normalized spacial score (nSPS) is 11.9. The average molecular weight is 1420 g/mol. The lowest BCUT2D eigenvalue weighted by molar-refractivity contribution is 1.08. The van der Waals surface area contributed by atoms with Gasteiger partial charge < -0.3 is 0 Å². The molecule has 0 unspecified atom stereocenters. The van der Waals surface area contributed by atoms with E-state index in [1.807, 2.05) is 18.2 Å². The van der Waals surface area contributed by atoms with E-state index in [0.717, 1.165) is 88.1 Å². The number of hydrogen-bond donors (Lipinski definition) is 0. The molecule has 6 heteroatoms. The van der Waals surface area contributed by atoms with Gasteiger partial charge in [0.05, 0.1) is 0 Å². The van der Waals surface area contributed by atoms with Crippen LogP contribution in [0.2, 0.25) is 0 Å². The minimum atomic E-state index is 0.596.